The van der Waals surface area contributed by atoms with Crippen LogP contribution in [0.1, 0.15) is 5.56 Å². The lowest BCUT2D eigenvalue weighted by molar-refractivity contribution is 0.655. The Morgan fingerprint density at radius 3 is 2.64 bits per heavy atom. The first-order valence-electron chi connectivity index (χ1n) is 6.92. The lowest BCUT2D eigenvalue weighted by Crippen LogP contribution is -2.04. The van der Waals surface area contributed by atoms with E-state index in [9.17, 15) is 0 Å². The minimum Gasteiger partial charge on any atom is -0.239 e. The molecule has 0 aliphatic heterocycles. The van der Waals surface area contributed by atoms with Crippen LogP contribution in [0.5, 0.6) is 0 Å². The van der Waals surface area contributed by atoms with Crippen LogP contribution >= 0.6 is 33.9 Å². The molecule has 0 saturated heterocycles. The third-order valence-corrected chi connectivity index (χ3v) is 5.30. The van der Waals surface area contributed by atoms with Crippen molar-refractivity contribution >= 4 is 44.0 Å². The molecular formula is C17H12IN3S. The van der Waals surface area contributed by atoms with Gasteiger partial charge in [-0.05, 0) is 34.2 Å². The van der Waals surface area contributed by atoms with Crippen LogP contribution in [0.2, 0.25) is 0 Å². The molecule has 22 heavy (non-hydrogen) atoms. The van der Waals surface area contributed by atoms with Crippen LogP contribution in [0.4, 0.5) is 0 Å². The van der Waals surface area contributed by atoms with E-state index in [-0.39, 0.29) is 0 Å². The van der Waals surface area contributed by atoms with Crippen molar-refractivity contribution in [2.75, 3.05) is 0 Å². The van der Waals surface area contributed by atoms with Crippen LogP contribution in [0, 0.1) is 3.70 Å². The zero-order valence-corrected chi connectivity index (χ0v) is 14.6. The third-order valence-electron chi connectivity index (χ3n) is 3.61. The number of fused-ring (bicyclic) bond motifs is 1. The summed E-state index contributed by atoms with van der Waals surface area (Å²) in [6, 6.07) is 18.8. The highest BCUT2D eigenvalue weighted by molar-refractivity contribution is 14.1. The van der Waals surface area contributed by atoms with E-state index >= 15 is 0 Å². The molecule has 0 N–H and O–H groups in total. The maximum atomic E-state index is 4.34. The van der Waals surface area contributed by atoms with Gasteiger partial charge in [-0.15, -0.1) is 16.4 Å². The van der Waals surface area contributed by atoms with Gasteiger partial charge in [-0.25, -0.2) is 4.68 Å². The van der Waals surface area contributed by atoms with E-state index in [0.717, 1.165) is 15.9 Å². The molecule has 0 bridgehead atoms. The Hall–Kier alpha value is -1.73. The quantitative estimate of drug-likeness (QED) is 0.448. The first kappa shape index (κ1) is 13.9. The van der Waals surface area contributed by atoms with Crippen LogP contribution < -0.4 is 0 Å². The van der Waals surface area contributed by atoms with Gasteiger partial charge in [-0.3, -0.25) is 0 Å². The highest BCUT2D eigenvalue weighted by atomic mass is 127. The largest absolute Gasteiger partial charge is 0.239 e. The highest BCUT2D eigenvalue weighted by Crippen LogP contribution is 2.35. The Morgan fingerprint density at radius 2 is 1.77 bits per heavy atom. The van der Waals surface area contributed by atoms with Gasteiger partial charge in [0.2, 0.25) is 0 Å². The average Bonchev–Trinajstić information content (AvgIpc) is 3.12. The van der Waals surface area contributed by atoms with Crippen LogP contribution in [0.25, 0.3) is 21.3 Å². The van der Waals surface area contributed by atoms with E-state index in [4.69, 9.17) is 0 Å². The van der Waals surface area contributed by atoms with Crippen LogP contribution in [-0.2, 0) is 6.54 Å². The summed E-state index contributed by atoms with van der Waals surface area (Å²) in [5.74, 6) is 0. The molecule has 0 saturated carbocycles. The number of thiophene rings is 1. The molecule has 0 radical (unpaired) electrons. The van der Waals surface area contributed by atoms with E-state index in [1.807, 2.05) is 10.7 Å². The first-order chi connectivity index (χ1) is 10.8. The minimum atomic E-state index is 0.732. The minimum absolute atomic E-state index is 0.732. The molecule has 0 atom stereocenters. The number of benzene rings is 2. The molecule has 5 heteroatoms. The van der Waals surface area contributed by atoms with Crippen molar-refractivity contribution in [2.24, 2.45) is 0 Å². The molecule has 0 unspecified atom stereocenters. The van der Waals surface area contributed by atoms with Gasteiger partial charge < -0.3 is 0 Å². The molecule has 2 aromatic carbocycles. The number of halogens is 1. The number of hydrogen-bond donors (Lipinski definition) is 0. The van der Waals surface area contributed by atoms with Crippen molar-refractivity contribution in [2.45, 2.75) is 6.54 Å². The van der Waals surface area contributed by atoms with Crippen LogP contribution in [-0.4, -0.2) is 15.0 Å². The molecule has 2 aromatic heterocycles. The van der Waals surface area contributed by atoms with Gasteiger partial charge in [0.15, 0.2) is 3.70 Å². The molecule has 0 amide bonds. The second kappa shape index (κ2) is 5.81. The van der Waals surface area contributed by atoms with Crippen molar-refractivity contribution in [3.63, 3.8) is 0 Å². The van der Waals surface area contributed by atoms with E-state index in [1.165, 1.54) is 21.2 Å². The number of rotatable bonds is 3. The monoisotopic (exact) mass is 417 g/mol. The molecule has 0 aliphatic rings. The van der Waals surface area contributed by atoms with E-state index < -0.39 is 0 Å². The second-order valence-corrected chi connectivity index (χ2v) is 6.95. The van der Waals surface area contributed by atoms with Crippen LogP contribution in [0.3, 0.4) is 0 Å². The topological polar surface area (TPSA) is 30.7 Å². The van der Waals surface area contributed by atoms with Crippen molar-refractivity contribution in [3.8, 4) is 11.3 Å². The predicted molar refractivity (Wildman–Crippen MR) is 99.1 cm³/mol. The van der Waals surface area contributed by atoms with Gasteiger partial charge in [0, 0.05) is 21.0 Å². The van der Waals surface area contributed by atoms with E-state index in [0.29, 0.717) is 0 Å². The van der Waals surface area contributed by atoms with Crippen molar-refractivity contribution in [1.29, 1.82) is 0 Å². The van der Waals surface area contributed by atoms with Gasteiger partial charge in [0.05, 0.1) is 6.54 Å². The van der Waals surface area contributed by atoms with Crippen LogP contribution in [0.15, 0.2) is 60.0 Å². The zero-order chi connectivity index (χ0) is 14.9. The maximum absolute atomic E-state index is 4.34. The summed E-state index contributed by atoms with van der Waals surface area (Å²) in [5.41, 5.74) is 3.54. The van der Waals surface area contributed by atoms with Gasteiger partial charge in [-0.2, -0.15) is 0 Å². The number of aromatic nitrogens is 3. The highest BCUT2D eigenvalue weighted by Gasteiger charge is 2.16. The molecular weight excluding hydrogens is 405 g/mol. The predicted octanol–water partition coefficient (Wildman–Crippen LogP) is 4.81. The fourth-order valence-corrected chi connectivity index (χ4v) is 4.18. The SMILES string of the molecule is Ic1nnn(Cc2ccccc2)c1-c1csc2ccccc12. The molecule has 108 valence electrons. The fraction of sp³-hybridized carbons (Fsp3) is 0.0588. The van der Waals surface area contributed by atoms with Gasteiger partial charge in [-0.1, -0.05) is 53.7 Å². The smallest absolute Gasteiger partial charge is 0.151 e. The molecule has 2 heterocycles. The van der Waals surface area contributed by atoms with E-state index in [2.05, 4.69) is 86.8 Å². The lowest BCUT2D eigenvalue weighted by Gasteiger charge is -2.06. The van der Waals surface area contributed by atoms with Gasteiger partial charge >= 0.3 is 0 Å². The number of nitrogens with zero attached hydrogens (tertiary/aromatic N) is 3. The summed E-state index contributed by atoms with van der Waals surface area (Å²) in [5, 5.41) is 12.1. The molecule has 0 spiro atoms. The Bertz CT molecular complexity index is 927. The Labute approximate surface area is 145 Å². The zero-order valence-electron chi connectivity index (χ0n) is 11.6. The Balaban J connectivity index is 1.84. The lowest BCUT2D eigenvalue weighted by atomic mass is 10.1. The second-order valence-electron chi connectivity index (χ2n) is 5.02. The van der Waals surface area contributed by atoms with Gasteiger partial charge in [0.1, 0.15) is 5.69 Å². The summed E-state index contributed by atoms with van der Waals surface area (Å²) in [4.78, 5) is 0. The normalized spacial score (nSPS) is 11.1. The molecule has 4 rings (SSSR count). The fourth-order valence-electron chi connectivity index (χ4n) is 2.57. The van der Waals surface area contributed by atoms with Crippen molar-refractivity contribution < 1.29 is 0 Å². The standard InChI is InChI=1S/C17H12IN3S/c18-17-16(14-11-22-15-9-5-4-8-13(14)15)21(20-19-17)10-12-6-2-1-3-7-12/h1-9,11H,10H2. The van der Waals surface area contributed by atoms with Gasteiger partial charge in [0.25, 0.3) is 0 Å². The summed E-state index contributed by atoms with van der Waals surface area (Å²) in [7, 11) is 0. The summed E-state index contributed by atoms with van der Waals surface area (Å²) >= 11 is 4.03. The molecule has 4 aromatic rings. The first-order valence-corrected chi connectivity index (χ1v) is 8.88. The molecule has 0 fully saturated rings. The van der Waals surface area contributed by atoms with Crippen molar-refractivity contribution in [1.82, 2.24) is 15.0 Å². The third kappa shape index (κ3) is 2.44. The summed E-state index contributed by atoms with van der Waals surface area (Å²) in [6.07, 6.45) is 0. The summed E-state index contributed by atoms with van der Waals surface area (Å²) < 4.78 is 4.23. The Morgan fingerprint density at radius 1 is 1.00 bits per heavy atom. The van der Waals surface area contributed by atoms with Crippen molar-refractivity contribution in [3.05, 3.63) is 69.2 Å². The van der Waals surface area contributed by atoms with E-state index in [1.54, 1.807) is 11.3 Å². The maximum Gasteiger partial charge on any atom is 0.151 e. The molecule has 0 aliphatic carbocycles. The summed E-state index contributed by atoms with van der Waals surface area (Å²) in [6.45, 7) is 0.732. The average molecular weight is 417 g/mol. The Kier molecular flexibility index (Phi) is 3.67. The molecule has 3 nitrogen and oxygen atoms in total. The number of hydrogen-bond acceptors (Lipinski definition) is 3.